The van der Waals surface area contributed by atoms with Crippen molar-refractivity contribution in [3.05, 3.63) is 194 Å². The summed E-state index contributed by atoms with van der Waals surface area (Å²) in [6.07, 6.45) is 5.96. The Kier molecular flexibility index (Phi) is 10.0. The minimum absolute atomic E-state index is 0.210. The SMILES string of the molecule is C=CB(c1ccccc1)c1ccccc1.CC(C)c1ccc([SiH2]C(c2ccccc2)(c2ccccc2)n2ccnc2)cc1. The maximum Gasteiger partial charge on any atom is 0.233 e. The van der Waals surface area contributed by atoms with Crippen molar-refractivity contribution in [1.82, 2.24) is 9.55 Å². The summed E-state index contributed by atoms with van der Waals surface area (Å²) in [6.45, 7) is 8.70. The van der Waals surface area contributed by atoms with E-state index in [0.717, 1.165) is 0 Å². The second-order valence-electron chi connectivity index (χ2n) is 11.2. The molecule has 4 heteroatoms. The number of rotatable bonds is 9. The first-order valence-electron chi connectivity index (χ1n) is 15.0. The van der Waals surface area contributed by atoms with Gasteiger partial charge in [-0.15, -0.1) is 12.6 Å². The first-order chi connectivity index (χ1) is 21.1. The monoisotopic (exact) mass is 574 g/mol. The molecule has 0 bridgehead atoms. The summed E-state index contributed by atoms with van der Waals surface area (Å²) < 4.78 is 2.31. The van der Waals surface area contributed by atoms with E-state index in [4.69, 9.17) is 0 Å². The molecule has 6 rings (SSSR count). The largest absolute Gasteiger partial charge is 0.326 e. The van der Waals surface area contributed by atoms with Crippen molar-refractivity contribution in [1.29, 1.82) is 0 Å². The lowest BCUT2D eigenvalue weighted by Crippen LogP contribution is -2.46. The van der Waals surface area contributed by atoms with Gasteiger partial charge in [0.05, 0.1) is 21.0 Å². The predicted octanol–water partition coefficient (Wildman–Crippen LogP) is 6.27. The molecule has 1 aromatic heterocycles. The van der Waals surface area contributed by atoms with Crippen molar-refractivity contribution in [2.75, 3.05) is 0 Å². The first kappa shape index (κ1) is 29.8. The highest BCUT2D eigenvalue weighted by Gasteiger charge is 2.36. The van der Waals surface area contributed by atoms with Gasteiger partial charge in [0.25, 0.3) is 0 Å². The van der Waals surface area contributed by atoms with E-state index < -0.39 is 9.52 Å². The van der Waals surface area contributed by atoms with Crippen LogP contribution in [0.2, 0.25) is 0 Å². The number of hydrogen-bond acceptors (Lipinski definition) is 1. The second kappa shape index (κ2) is 14.5. The summed E-state index contributed by atoms with van der Waals surface area (Å²) in [5, 5.41) is 1.24. The zero-order chi connectivity index (χ0) is 29.9. The molecular weight excluding hydrogens is 535 g/mol. The maximum absolute atomic E-state index is 4.40. The van der Waals surface area contributed by atoms with Crippen LogP contribution in [0.25, 0.3) is 0 Å². The lowest BCUT2D eigenvalue weighted by molar-refractivity contribution is 0.596. The number of benzene rings is 5. The van der Waals surface area contributed by atoms with Gasteiger partial charge in [0.2, 0.25) is 6.71 Å². The van der Waals surface area contributed by atoms with Crippen LogP contribution in [-0.2, 0) is 5.16 Å². The van der Waals surface area contributed by atoms with Gasteiger partial charge in [-0.2, -0.15) is 0 Å². The minimum atomic E-state index is -0.787. The molecule has 5 aromatic carbocycles. The highest BCUT2D eigenvalue weighted by atomic mass is 28.2. The fourth-order valence-corrected chi connectivity index (χ4v) is 8.09. The van der Waals surface area contributed by atoms with E-state index in [1.54, 1.807) is 0 Å². The van der Waals surface area contributed by atoms with E-state index in [2.05, 4.69) is 170 Å². The van der Waals surface area contributed by atoms with Gasteiger partial charge in [0.15, 0.2) is 0 Å². The lowest BCUT2D eigenvalue weighted by Gasteiger charge is -2.37. The standard InChI is InChI=1S/C25H26N2Si.C14H13B/c1-20(2)21-13-15-24(16-14-21)28-25(27-18-17-26-19-27,22-9-5-3-6-10-22)23-11-7-4-8-12-23;1-2-15(13-9-5-3-6-10-13)14-11-7-4-8-12-14/h3-20H,28H2,1-2H3;2-12H,1H2. The fraction of sp³-hybridized carbons (Fsp3) is 0.103. The summed E-state index contributed by atoms with van der Waals surface area (Å²) in [5.41, 5.74) is 6.61. The Labute approximate surface area is 259 Å². The van der Waals surface area contributed by atoms with E-state index in [1.807, 2.05) is 30.6 Å². The molecule has 1 heterocycles. The van der Waals surface area contributed by atoms with Crippen LogP contribution >= 0.6 is 0 Å². The summed E-state index contributed by atoms with van der Waals surface area (Å²) in [5.74, 6) is 2.54. The molecule has 0 radical (unpaired) electrons. The summed E-state index contributed by atoms with van der Waals surface area (Å²) in [4.78, 5) is 4.40. The molecule has 0 aliphatic carbocycles. The van der Waals surface area contributed by atoms with Gasteiger partial charge >= 0.3 is 0 Å². The maximum atomic E-state index is 4.40. The molecule has 0 N–H and O–H groups in total. The zero-order valence-electron chi connectivity index (χ0n) is 25.1. The van der Waals surface area contributed by atoms with Crippen molar-refractivity contribution in [3.63, 3.8) is 0 Å². The van der Waals surface area contributed by atoms with E-state index >= 15 is 0 Å². The Hall–Kier alpha value is -4.67. The van der Waals surface area contributed by atoms with Crippen molar-refractivity contribution >= 4 is 32.3 Å². The van der Waals surface area contributed by atoms with E-state index in [0.29, 0.717) is 12.6 Å². The van der Waals surface area contributed by atoms with Gasteiger partial charge in [0.1, 0.15) is 0 Å². The van der Waals surface area contributed by atoms with Crippen molar-refractivity contribution in [2.24, 2.45) is 0 Å². The molecule has 43 heavy (non-hydrogen) atoms. The molecule has 0 saturated carbocycles. The smallest absolute Gasteiger partial charge is 0.233 e. The van der Waals surface area contributed by atoms with Crippen LogP contribution in [0.1, 0.15) is 36.5 Å². The van der Waals surface area contributed by atoms with E-state index in [-0.39, 0.29) is 5.16 Å². The topological polar surface area (TPSA) is 17.8 Å². The third-order valence-electron chi connectivity index (χ3n) is 8.11. The van der Waals surface area contributed by atoms with Crippen molar-refractivity contribution in [2.45, 2.75) is 24.9 Å². The summed E-state index contributed by atoms with van der Waals surface area (Å²) in [7, 11) is -0.787. The van der Waals surface area contributed by atoms with E-state index in [9.17, 15) is 0 Å². The molecule has 0 amide bonds. The average Bonchev–Trinajstić information content (AvgIpc) is 3.62. The molecule has 0 aliphatic heterocycles. The Bertz CT molecular complexity index is 1570. The molecular formula is C39H39BN2Si. The molecule has 0 aliphatic rings. The number of aromatic nitrogens is 2. The van der Waals surface area contributed by atoms with Gasteiger partial charge in [-0.05, 0) is 22.6 Å². The number of hydrogen-bond donors (Lipinski definition) is 0. The quantitative estimate of drug-likeness (QED) is 0.186. The van der Waals surface area contributed by atoms with Crippen LogP contribution < -0.4 is 16.1 Å². The van der Waals surface area contributed by atoms with Gasteiger partial charge < -0.3 is 4.57 Å². The van der Waals surface area contributed by atoms with Crippen LogP contribution in [0.15, 0.2) is 177 Å². The Morgan fingerprint density at radius 1 is 0.674 bits per heavy atom. The van der Waals surface area contributed by atoms with Gasteiger partial charge in [0, 0.05) is 12.4 Å². The third kappa shape index (κ3) is 7.05. The molecule has 212 valence electrons. The van der Waals surface area contributed by atoms with E-state index in [1.165, 1.54) is 32.8 Å². The lowest BCUT2D eigenvalue weighted by atomic mass is 9.41. The Morgan fingerprint density at radius 2 is 1.14 bits per heavy atom. The molecule has 2 nitrogen and oxygen atoms in total. The second-order valence-corrected chi connectivity index (χ2v) is 13.4. The number of nitrogens with zero attached hydrogens (tertiary/aromatic N) is 2. The minimum Gasteiger partial charge on any atom is -0.326 e. The zero-order valence-corrected chi connectivity index (χ0v) is 26.5. The van der Waals surface area contributed by atoms with Crippen LogP contribution in [0.4, 0.5) is 0 Å². The Balaban J connectivity index is 0.000000207. The normalized spacial score (nSPS) is 11.2. The summed E-state index contributed by atoms with van der Waals surface area (Å²) in [6, 6.07) is 51.9. The Morgan fingerprint density at radius 3 is 1.53 bits per heavy atom. The average molecular weight is 575 g/mol. The summed E-state index contributed by atoms with van der Waals surface area (Å²) >= 11 is 0. The van der Waals surface area contributed by atoms with Crippen LogP contribution in [0.5, 0.6) is 0 Å². The highest BCUT2D eigenvalue weighted by Crippen LogP contribution is 2.33. The molecule has 0 saturated heterocycles. The van der Waals surface area contributed by atoms with Gasteiger partial charge in [-0.25, -0.2) is 4.98 Å². The van der Waals surface area contributed by atoms with Crippen molar-refractivity contribution in [3.8, 4) is 0 Å². The van der Waals surface area contributed by atoms with Gasteiger partial charge in [-0.1, -0.05) is 176 Å². The molecule has 0 unspecified atom stereocenters. The molecule has 0 spiro atoms. The molecule has 6 aromatic rings. The predicted molar refractivity (Wildman–Crippen MR) is 188 cm³/mol. The first-order valence-corrected chi connectivity index (χ1v) is 16.4. The number of imidazole rings is 1. The van der Waals surface area contributed by atoms with Crippen molar-refractivity contribution < 1.29 is 0 Å². The van der Waals surface area contributed by atoms with Crippen LogP contribution in [0, 0.1) is 0 Å². The molecule has 0 atom stereocenters. The fourth-order valence-electron chi connectivity index (χ4n) is 5.77. The van der Waals surface area contributed by atoms with Crippen LogP contribution in [0.3, 0.4) is 0 Å². The molecule has 0 fully saturated rings. The third-order valence-corrected chi connectivity index (χ3v) is 10.7. The highest BCUT2D eigenvalue weighted by molar-refractivity contribution is 6.89. The van der Waals surface area contributed by atoms with Crippen LogP contribution in [-0.4, -0.2) is 25.8 Å². The van der Waals surface area contributed by atoms with Gasteiger partial charge in [-0.3, -0.25) is 0 Å².